The molecule has 4 heteroatoms. The number of aryl methyl sites for hydroxylation is 1. The molecule has 0 bridgehead atoms. The maximum atomic E-state index is 11.3. The molecule has 0 aliphatic rings. The number of pyridine rings is 1. The van der Waals surface area contributed by atoms with E-state index in [1.165, 1.54) is 11.3 Å². The minimum atomic E-state index is 0.0744. The van der Waals surface area contributed by atoms with E-state index in [0.29, 0.717) is 0 Å². The van der Waals surface area contributed by atoms with Crippen LogP contribution in [0.5, 0.6) is 0 Å². The van der Waals surface area contributed by atoms with Gasteiger partial charge >= 0.3 is 0 Å². The van der Waals surface area contributed by atoms with Gasteiger partial charge in [0.05, 0.1) is 10.6 Å². The molecule has 2 heterocycles. The highest BCUT2D eigenvalue weighted by Gasteiger charge is 2.12. The van der Waals surface area contributed by atoms with Crippen molar-refractivity contribution < 1.29 is 4.79 Å². The van der Waals surface area contributed by atoms with E-state index in [-0.39, 0.29) is 5.78 Å². The molecule has 2 rings (SSSR count). The number of carbonyl (C=O) groups is 1. The van der Waals surface area contributed by atoms with E-state index in [2.05, 4.69) is 9.97 Å². The summed E-state index contributed by atoms with van der Waals surface area (Å²) in [7, 11) is 0. The maximum Gasteiger partial charge on any atom is 0.171 e. The van der Waals surface area contributed by atoms with Crippen molar-refractivity contribution >= 4 is 17.1 Å². The van der Waals surface area contributed by atoms with Gasteiger partial charge in [0.1, 0.15) is 5.01 Å². The number of hydrogen-bond donors (Lipinski definition) is 0. The summed E-state index contributed by atoms with van der Waals surface area (Å²) in [5.41, 5.74) is 1.81. The van der Waals surface area contributed by atoms with E-state index < -0.39 is 0 Å². The summed E-state index contributed by atoms with van der Waals surface area (Å²) in [6, 6.07) is 3.78. The summed E-state index contributed by atoms with van der Waals surface area (Å²) in [5.74, 6) is 0.0744. The van der Waals surface area contributed by atoms with Crippen molar-refractivity contribution in [3.05, 3.63) is 35.1 Å². The van der Waals surface area contributed by atoms with Crippen LogP contribution >= 0.6 is 11.3 Å². The molecule has 0 spiro atoms. The van der Waals surface area contributed by atoms with Crippen molar-refractivity contribution in [3.63, 3.8) is 0 Å². The lowest BCUT2D eigenvalue weighted by atomic mass is 10.3. The van der Waals surface area contributed by atoms with Crippen molar-refractivity contribution in [2.45, 2.75) is 13.8 Å². The van der Waals surface area contributed by atoms with Gasteiger partial charge in [-0.1, -0.05) is 0 Å². The first-order valence-electron chi connectivity index (χ1n) is 4.57. The van der Waals surface area contributed by atoms with Gasteiger partial charge in [-0.05, 0) is 19.1 Å². The van der Waals surface area contributed by atoms with Crippen LogP contribution in [-0.4, -0.2) is 15.8 Å². The fraction of sp³-hybridized carbons (Fsp3) is 0.182. The molecule has 0 atom stereocenters. The van der Waals surface area contributed by atoms with Crippen LogP contribution in [0.3, 0.4) is 0 Å². The van der Waals surface area contributed by atoms with Crippen molar-refractivity contribution in [2.75, 3.05) is 0 Å². The normalized spacial score (nSPS) is 10.3. The van der Waals surface area contributed by atoms with Gasteiger partial charge in [0.2, 0.25) is 0 Å². The molecule has 0 amide bonds. The Morgan fingerprint density at radius 3 is 2.53 bits per heavy atom. The van der Waals surface area contributed by atoms with Crippen LogP contribution < -0.4 is 0 Å². The lowest BCUT2D eigenvalue weighted by Gasteiger charge is -1.92. The molecule has 0 saturated carbocycles. The quantitative estimate of drug-likeness (QED) is 0.728. The van der Waals surface area contributed by atoms with Crippen LogP contribution in [0.25, 0.3) is 10.6 Å². The fourth-order valence-corrected chi connectivity index (χ4v) is 2.31. The monoisotopic (exact) mass is 218 g/mol. The smallest absolute Gasteiger partial charge is 0.171 e. The first kappa shape index (κ1) is 9.98. The molecule has 2 aromatic rings. The zero-order valence-corrected chi connectivity index (χ0v) is 9.34. The van der Waals surface area contributed by atoms with Crippen LogP contribution in [-0.2, 0) is 0 Å². The number of rotatable bonds is 2. The van der Waals surface area contributed by atoms with E-state index >= 15 is 0 Å². The highest BCUT2D eigenvalue weighted by Crippen LogP contribution is 2.27. The number of ketones is 1. The number of nitrogens with zero attached hydrogens (tertiary/aromatic N) is 2. The Labute approximate surface area is 91.8 Å². The Morgan fingerprint density at radius 2 is 2.00 bits per heavy atom. The molecule has 0 unspecified atom stereocenters. The van der Waals surface area contributed by atoms with Gasteiger partial charge in [-0.2, -0.15) is 0 Å². The average molecular weight is 218 g/mol. The van der Waals surface area contributed by atoms with Gasteiger partial charge in [0.25, 0.3) is 0 Å². The number of Topliss-reactive ketones (excluding diaryl/α,β-unsaturated/α-hetero) is 1. The molecule has 0 saturated heterocycles. The zero-order valence-electron chi connectivity index (χ0n) is 8.52. The Kier molecular flexibility index (Phi) is 2.60. The first-order chi connectivity index (χ1) is 7.18. The molecule has 2 aromatic heterocycles. The summed E-state index contributed by atoms with van der Waals surface area (Å²) >= 11 is 1.43. The van der Waals surface area contributed by atoms with Gasteiger partial charge in [0.15, 0.2) is 5.78 Å². The second-order valence-corrected chi connectivity index (χ2v) is 4.22. The van der Waals surface area contributed by atoms with Crippen LogP contribution in [0, 0.1) is 6.92 Å². The number of hydrogen-bond acceptors (Lipinski definition) is 4. The summed E-state index contributed by atoms with van der Waals surface area (Å²) in [6.45, 7) is 3.43. The Morgan fingerprint density at radius 1 is 1.33 bits per heavy atom. The lowest BCUT2D eigenvalue weighted by Crippen LogP contribution is -1.89. The summed E-state index contributed by atoms with van der Waals surface area (Å²) < 4.78 is 0. The van der Waals surface area contributed by atoms with Gasteiger partial charge in [-0.3, -0.25) is 9.78 Å². The van der Waals surface area contributed by atoms with Gasteiger partial charge in [0, 0.05) is 24.9 Å². The van der Waals surface area contributed by atoms with Crippen LogP contribution in [0.2, 0.25) is 0 Å². The Hall–Kier alpha value is -1.55. The van der Waals surface area contributed by atoms with Crippen LogP contribution in [0.15, 0.2) is 24.5 Å². The first-order valence-corrected chi connectivity index (χ1v) is 5.39. The largest absolute Gasteiger partial charge is 0.294 e. The SMILES string of the molecule is CC(=O)c1sc(-c2ccncc2)nc1C. The standard InChI is InChI=1S/C11H10N2OS/c1-7-10(8(2)14)15-11(13-7)9-3-5-12-6-4-9/h3-6H,1-2H3. The minimum Gasteiger partial charge on any atom is -0.294 e. The van der Waals surface area contributed by atoms with E-state index in [1.807, 2.05) is 19.1 Å². The third-order valence-electron chi connectivity index (χ3n) is 2.04. The average Bonchev–Trinajstić information content (AvgIpc) is 2.62. The van der Waals surface area contributed by atoms with E-state index in [4.69, 9.17) is 0 Å². The highest BCUT2D eigenvalue weighted by atomic mass is 32.1. The molecule has 0 aliphatic carbocycles. The molecule has 0 aromatic carbocycles. The summed E-state index contributed by atoms with van der Waals surface area (Å²) in [4.78, 5) is 20.3. The van der Waals surface area contributed by atoms with E-state index in [0.717, 1.165) is 21.1 Å². The van der Waals surface area contributed by atoms with Crippen molar-refractivity contribution in [2.24, 2.45) is 0 Å². The molecule has 0 fully saturated rings. The van der Waals surface area contributed by atoms with Gasteiger partial charge in [-0.15, -0.1) is 11.3 Å². The number of aromatic nitrogens is 2. The fourth-order valence-electron chi connectivity index (χ4n) is 1.34. The Bertz CT molecular complexity index is 491. The number of thiazole rings is 1. The lowest BCUT2D eigenvalue weighted by molar-refractivity contribution is 0.102. The number of carbonyl (C=O) groups excluding carboxylic acids is 1. The molecular weight excluding hydrogens is 208 g/mol. The third kappa shape index (κ3) is 1.94. The molecule has 15 heavy (non-hydrogen) atoms. The highest BCUT2D eigenvalue weighted by molar-refractivity contribution is 7.17. The van der Waals surface area contributed by atoms with Crippen molar-refractivity contribution in [3.8, 4) is 10.6 Å². The predicted octanol–water partition coefficient (Wildman–Crippen LogP) is 2.72. The third-order valence-corrected chi connectivity index (χ3v) is 3.35. The minimum absolute atomic E-state index is 0.0744. The second-order valence-electron chi connectivity index (χ2n) is 3.23. The molecular formula is C11H10N2OS. The van der Waals surface area contributed by atoms with Crippen molar-refractivity contribution in [1.82, 2.24) is 9.97 Å². The van der Waals surface area contributed by atoms with Crippen LogP contribution in [0.4, 0.5) is 0 Å². The molecule has 0 radical (unpaired) electrons. The summed E-state index contributed by atoms with van der Waals surface area (Å²) in [5, 5.41) is 0.875. The van der Waals surface area contributed by atoms with Gasteiger partial charge < -0.3 is 0 Å². The zero-order chi connectivity index (χ0) is 10.8. The molecule has 0 aliphatic heterocycles. The maximum absolute atomic E-state index is 11.3. The van der Waals surface area contributed by atoms with Gasteiger partial charge in [-0.25, -0.2) is 4.98 Å². The van der Waals surface area contributed by atoms with Crippen LogP contribution in [0.1, 0.15) is 22.3 Å². The Balaban J connectivity index is 2.48. The summed E-state index contributed by atoms with van der Waals surface area (Å²) in [6.07, 6.45) is 3.44. The molecule has 0 N–H and O–H groups in total. The predicted molar refractivity (Wildman–Crippen MR) is 60.1 cm³/mol. The van der Waals surface area contributed by atoms with E-state index in [1.54, 1.807) is 19.3 Å². The molecule has 3 nitrogen and oxygen atoms in total. The second kappa shape index (κ2) is 3.90. The van der Waals surface area contributed by atoms with Crippen molar-refractivity contribution in [1.29, 1.82) is 0 Å². The topological polar surface area (TPSA) is 42.9 Å². The molecule has 76 valence electrons. The van der Waals surface area contributed by atoms with E-state index in [9.17, 15) is 4.79 Å².